The van der Waals surface area contributed by atoms with Crippen molar-refractivity contribution >= 4 is 0 Å². The van der Waals surface area contributed by atoms with E-state index in [2.05, 4.69) is 78.3 Å². The number of imidazole rings is 1. The number of hydrogen-bond acceptors (Lipinski definition) is 9. The van der Waals surface area contributed by atoms with Gasteiger partial charge < -0.3 is 4.57 Å². The first-order valence-corrected chi connectivity index (χ1v) is 11.9. The van der Waals surface area contributed by atoms with Gasteiger partial charge in [0.25, 0.3) is 0 Å². The van der Waals surface area contributed by atoms with Crippen molar-refractivity contribution < 1.29 is 0 Å². The molecule has 4 heterocycles. The molecule has 4 aromatic heterocycles. The molecule has 0 aliphatic heterocycles. The first-order valence-electron chi connectivity index (χ1n) is 11.9. The van der Waals surface area contributed by atoms with Crippen molar-refractivity contribution in [3.05, 3.63) is 40.5 Å². The zero-order valence-electron chi connectivity index (χ0n) is 23.1. The van der Waals surface area contributed by atoms with Gasteiger partial charge in [0.05, 0.1) is 12.2 Å². The van der Waals surface area contributed by atoms with Crippen LogP contribution in [0.2, 0.25) is 0 Å². The van der Waals surface area contributed by atoms with Crippen LogP contribution in [0.5, 0.6) is 0 Å². The van der Waals surface area contributed by atoms with Crippen molar-refractivity contribution in [3.63, 3.8) is 0 Å². The van der Waals surface area contributed by atoms with E-state index in [9.17, 15) is 0 Å². The lowest BCUT2D eigenvalue weighted by Gasteiger charge is -2.01. The van der Waals surface area contributed by atoms with Gasteiger partial charge in [-0.05, 0) is 91.8 Å². The molecule has 0 saturated carbocycles. The molecule has 4 rings (SSSR count). The van der Waals surface area contributed by atoms with E-state index in [1.807, 2.05) is 53.1 Å². The minimum absolute atomic E-state index is 0. The predicted octanol–water partition coefficient (Wildman–Crippen LogP) is 4.02. The molecule has 0 atom stereocenters. The van der Waals surface area contributed by atoms with Gasteiger partial charge in [-0.3, -0.25) is 4.68 Å². The van der Waals surface area contributed by atoms with Gasteiger partial charge in [0.2, 0.25) is 0 Å². The molecule has 0 bridgehead atoms. The van der Waals surface area contributed by atoms with Gasteiger partial charge in [0, 0.05) is 25.3 Å². The summed E-state index contributed by atoms with van der Waals surface area (Å²) in [5.74, 6) is 4.57. The monoisotopic (exact) mass is 519 g/mol. The average Bonchev–Trinajstić information content (AvgIpc) is 3.58. The summed E-state index contributed by atoms with van der Waals surface area (Å²) in [6.45, 7) is 25.5. The lowest BCUT2D eigenvalue weighted by atomic mass is 10.4. The molecule has 0 fully saturated rings. The molecule has 0 aliphatic carbocycles. The maximum atomic E-state index is 4.34. The Morgan fingerprint density at radius 1 is 0.568 bits per heavy atom. The van der Waals surface area contributed by atoms with E-state index in [0.29, 0.717) is 0 Å². The second-order valence-corrected chi connectivity index (χ2v) is 7.66. The van der Waals surface area contributed by atoms with Gasteiger partial charge in [-0.15, -0.1) is 15.3 Å². The summed E-state index contributed by atoms with van der Waals surface area (Å²) in [6, 6.07) is 0. The molecular weight excluding hydrogens is 470 g/mol. The summed E-state index contributed by atoms with van der Waals surface area (Å²) in [5.41, 5.74) is 2.44. The van der Waals surface area contributed by atoms with E-state index in [4.69, 9.17) is 0 Å². The van der Waals surface area contributed by atoms with Crippen LogP contribution in [0.1, 0.15) is 83.1 Å². The molecule has 0 aromatic carbocycles. The second kappa shape index (κ2) is 17.8. The molecule has 0 saturated heterocycles. The minimum Gasteiger partial charge on any atom is -0.333 e. The molecule has 0 spiro atoms. The average molecular weight is 520 g/mol. The standard InChI is InChI=1S/C8H14N2.C6H11N3.2C4H8N4.2CH4/c1-5-10-7(3)6(2)9-8(10)4;1-4-9-6(3)7-5(2)8-9;1-3-8-4(2)5-6-7-8;1-3-8-6-4(2)5-7-8;;/h5H2,1-4H3;4H2,1-3H3;2*3H2,1-2H3;2*1H4. The van der Waals surface area contributed by atoms with Crippen molar-refractivity contribution in [3.8, 4) is 0 Å². The highest BCUT2D eigenvalue weighted by molar-refractivity contribution is 5.12. The van der Waals surface area contributed by atoms with Crippen LogP contribution >= 0.6 is 0 Å². The van der Waals surface area contributed by atoms with E-state index < -0.39 is 0 Å². The van der Waals surface area contributed by atoms with Crippen molar-refractivity contribution in [1.82, 2.24) is 64.7 Å². The molecule has 37 heavy (non-hydrogen) atoms. The normalized spacial score (nSPS) is 9.49. The number of rotatable bonds is 4. The van der Waals surface area contributed by atoms with Crippen molar-refractivity contribution in [2.45, 2.75) is 117 Å². The van der Waals surface area contributed by atoms with Crippen LogP contribution in [0.25, 0.3) is 0 Å². The fraction of sp³-hybridized carbons (Fsp3) is 0.708. The Morgan fingerprint density at radius 2 is 1.19 bits per heavy atom. The molecule has 0 N–H and O–H groups in total. The molecular formula is C24H49N13. The van der Waals surface area contributed by atoms with Crippen LogP contribution in [0.3, 0.4) is 0 Å². The number of nitrogens with zero attached hydrogens (tertiary/aromatic N) is 13. The smallest absolute Gasteiger partial charge is 0.171 e. The van der Waals surface area contributed by atoms with E-state index in [1.54, 1.807) is 9.48 Å². The summed E-state index contributed by atoms with van der Waals surface area (Å²) < 4.78 is 5.84. The fourth-order valence-electron chi connectivity index (χ4n) is 3.15. The largest absolute Gasteiger partial charge is 0.333 e. The molecule has 0 radical (unpaired) electrons. The number of tetrazole rings is 2. The topological polar surface area (TPSA) is 136 Å². The van der Waals surface area contributed by atoms with E-state index in [0.717, 1.165) is 61.0 Å². The van der Waals surface area contributed by atoms with Crippen molar-refractivity contribution in [1.29, 1.82) is 0 Å². The Balaban J connectivity index is 0. The van der Waals surface area contributed by atoms with Crippen molar-refractivity contribution in [2.24, 2.45) is 0 Å². The Kier molecular flexibility index (Phi) is 17.2. The van der Waals surface area contributed by atoms with Crippen molar-refractivity contribution in [2.75, 3.05) is 0 Å². The lowest BCUT2D eigenvalue weighted by Crippen LogP contribution is -1.98. The van der Waals surface area contributed by atoms with Crippen LogP contribution in [0.4, 0.5) is 0 Å². The molecule has 210 valence electrons. The fourth-order valence-corrected chi connectivity index (χ4v) is 3.15. The van der Waals surface area contributed by atoms with Gasteiger partial charge in [0.15, 0.2) is 5.82 Å². The Morgan fingerprint density at radius 3 is 1.41 bits per heavy atom. The van der Waals surface area contributed by atoms with Gasteiger partial charge in [-0.1, -0.05) is 14.9 Å². The summed E-state index contributed by atoms with van der Waals surface area (Å²) in [7, 11) is 0. The zero-order valence-corrected chi connectivity index (χ0v) is 23.1. The number of aromatic nitrogens is 13. The predicted molar refractivity (Wildman–Crippen MR) is 147 cm³/mol. The van der Waals surface area contributed by atoms with E-state index >= 15 is 0 Å². The third-order valence-corrected chi connectivity index (χ3v) is 5.07. The van der Waals surface area contributed by atoms with Crippen LogP contribution < -0.4 is 0 Å². The van der Waals surface area contributed by atoms with Gasteiger partial charge in [-0.2, -0.15) is 9.90 Å². The summed E-state index contributed by atoms with van der Waals surface area (Å²) in [4.78, 5) is 10.0. The Bertz CT molecular complexity index is 1130. The zero-order chi connectivity index (χ0) is 26.5. The molecule has 0 aliphatic rings. The molecule has 0 unspecified atom stereocenters. The summed E-state index contributed by atoms with van der Waals surface area (Å²) in [5, 5.41) is 26.3. The second-order valence-electron chi connectivity index (χ2n) is 7.66. The third-order valence-electron chi connectivity index (χ3n) is 5.07. The first-order chi connectivity index (χ1) is 16.6. The third kappa shape index (κ3) is 11.4. The van der Waals surface area contributed by atoms with E-state index in [1.165, 1.54) is 5.69 Å². The Hall–Kier alpha value is -3.51. The first kappa shape index (κ1) is 35.7. The summed E-state index contributed by atoms with van der Waals surface area (Å²) >= 11 is 0. The van der Waals surface area contributed by atoms with Gasteiger partial charge in [-0.25, -0.2) is 14.6 Å². The van der Waals surface area contributed by atoms with Gasteiger partial charge in [0.1, 0.15) is 23.3 Å². The highest BCUT2D eigenvalue weighted by atomic mass is 15.6. The van der Waals surface area contributed by atoms with Crippen LogP contribution in [-0.2, 0) is 26.2 Å². The minimum atomic E-state index is 0. The lowest BCUT2D eigenvalue weighted by molar-refractivity contribution is 0.551. The number of hydrogen-bond donors (Lipinski definition) is 0. The maximum absolute atomic E-state index is 4.34. The highest BCUT2D eigenvalue weighted by Crippen LogP contribution is 2.07. The molecule has 13 nitrogen and oxygen atoms in total. The van der Waals surface area contributed by atoms with Gasteiger partial charge >= 0.3 is 0 Å². The Labute approximate surface area is 222 Å². The van der Waals surface area contributed by atoms with E-state index in [-0.39, 0.29) is 14.9 Å². The van der Waals surface area contributed by atoms with Crippen LogP contribution in [0, 0.1) is 48.5 Å². The highest BCUT2D eigenvalue weighted by Gasteiger charge is 2.03. The number of aryl methyl sites for hydroxylation is 9. The molecule has 0 amide bonds. The SMILES string of the molecule is C.C.CCn1c(C)nc(C)c1C.CCn1nc(C)nc1C.CCn1nnc(C)n1.CCn1nnnc1C. The summed E-state index contributed by atoms with van der Waals surface area (Å²) in [6.07, 6.45) is 0. The maximum Gasteiger partial charge on any atom is 0.171 e. The van der Waals surface area contributed by atoms with Crippen LogP contribution in [-0.4, -0.2) is 64.7 Å². The quantitative estimate of drug-likeness (QED) is 0.391. The molecule has 13 heteroatoms. The molecule has 4 aromatic rings. The van der Waals surface area contributed by atoms with Crippen LogP contribution in [0.15, 0.2) is 0 Å².